The van der Waals surface area contributed by atoms with Crippen LogP contribution in [0.1, 0.15) is 57.4 Å². The van der Waals surface area contributed by atoms with Crippen LogP contribution in [-0.2, 0) is 16.1 Å². The van der Waals surface area contributed by atoms with Gasteiger partial charge in [0.1, 0.15) is 11.9 Å². The molecule has 1 aliphatic heterocycles. The van der Waals surface area contributed by atoms with Crippen LogP contribution in [0.5, 0.6) is 0 Å². The van der Waals surface area contributed by atoms with E-state index in [1.807, 2.05) is 18.5 Å². The van der Waals surface area contributed by atoms with E-state index in [2.05, 4.69) is 21.8 Å². The Kier molecular flexibility index (Phi) is 5.49. The van der Waals surface area contributed by atoms with Crippen LogP contribution in [0, 0.1) is 5.92 Å². The van der Waals surface area contributed by atoms with Crippen molar-refractivity contribution in [2.45, 2.75) is 58.1 Å². The fourth-order valence-corrected chi connectivity index (χ4v) is 3.59. The van der Waals surface area contributed by atoms with Gasteiger partial charge >= 0.3 is 0 Å². The minimum atomic E-state index is -0.00687. The fourth-order valence-electron chi connectivity index (χ4n) is 3.59. The van der Waals surface area contributed by atoms with Gasteiger partial charge in [-0.25, -0.2) is 4.98 Å². The zero-order chi connectivity index (χ0) is 16.1. The number of rotatable bonds is 5. The average molecular weight is 317 g/mol. The van der Waals surface area contributed by atoms with Crippen molar-refractivity contribution in [2.75, 3.05) is 13.2 Å². The second-order valence-corrected chi connectivity index (χ2v) is 6.52. The van der Waals surface area contributed by atoms with Gasteiger partial charge in [0, 0.05) is 44.1 Å². The fraction of sp³-hybridized carbons (Fsp3) is 0.667. The molecule has 126 valence electrons. The Morgan fingerprint density at radius 3 is 3.04 bits per heavy atom. The number of amides is 1. The molecule has 2 aliphatic rings. The number of hydrogen-bond acceptors (Lipinski definition) is 3. The van der Waals surface area contributed by atoms with Crippen molar-refractivity contribution in [2.24, 2.45) is 5.92 Å². The number of ether oxygens (including phenoxy) is 1. The van der Waals surface area contributed by atoms with E-state index in [9.17, 15) is 4.79 Å². The molecule has 0 spiro atoms. The number of allylic oxidation sites excluding steroid dienone is 1. The van der Waals surface area contributed by atoms with E-state index in [4.69, 9.17) is 4.74 Å². The van der Waals surface area contributed by atoms with Crippen LogP contribution in [0.4, 0.5) is 0 Å². The molecule has 0 radical (unpaired) electrons. The summed E-state index contributed by atoms with van der Waals surface area (Å²) in [5.74, 6) is 1.33. The summed E-state index contributed by atoms with van der Waals surface area (Å²) in [5, 5.41) is 3.07. The van der Waals surface area contributed by atoms with E-state index < -0.39 is 0 Å². The second kappa shape index (κ2) is 7.77. The van der Waals surface area contributed by atoms with Gasteiger partial charge in [-0.05, 0) is 39.0 Å². The lowest BCUT2D eigenvalue weighted by Gasteiger charge is -2.19. The van der Waals surface area contributed by atoms with Crippen molar-refractivity contribution in [3.63, 3.8) is 0 Å². The quantitative estimate of drug-likeness (QED) is 0.849. The maximum atomic E-state index is 12.1. The van der Waals surface area contributed by atoms with Gasteiger partial charge in [-0.1, -0.05) is 12.0 Å². The summed E-state index contributed by atoms with van der Waals surface area (Å²) in [4.78, 5) is 16.6. The number of nitrogens with zero attached hydrogens (tertiary/aromatic N) is 2. The molecular weight excluding hydrogens is 290 g/mol. The minimum Gasteiger partial charge on any atom is -0.370 e. The molecule has 2 heterocycles. The summed E-state index contributed by atoms with van der Waals surface area (Å²) in [6, 6.07) is 0. The van der Waals surface area contributed by atoms with E-state index in [0.717, 1.165) is 38.2 Å². The third kappa shape index (κ3) is 4.02. The van der Waals surface area contributed by atoms with Crippen LogP contribution in [0.2, 0.25) is 0 Å². The third-order valence-corrected chi connectivity index (χ3v) is 4.93. The van der Waals surface area contributed by atoms with Crippen molar-refractivity contribution >= 4 is 5.91 Å². The third-order valence-electron chi connectivity index (χ3n) is 4.93. The van der Waals surface area contributed by atoms with Gasteiger partial charge in [0.25, 0.3) is 0 Å². The smallest absolute Gasteiger partial charge is 0.243 e. The average Bonchev–Trinajstić information content (AvgIpc) is 3.22. The van der Waals surface area contributed by atoms with Crippen LogP contribution >= 0.6 is 0 Å². The zero-order valence-electron chi connectivity index (χ0n) is 14.0. The molecule has 23 heavy (non-hydrogen) atoms. The Balaban J connectivity index is 1.55. The highest BCUT2D eigenvalue weighted by Crippen LogP contribution is 2.33. The van der Waals surface area contributed by atoms with Gasteiger partial charge in [0.15, 0.2) is 0 Å². The van der Waals surface area contributed by atoms with Gasteiger partial charge in [-0.15, -0.1) is 0 Å². The highest BCUT2D eigenvalue weighted by Gasteiger charge is 2.32. The number of aryl methyl sites for hydroxylation is 1. The Hall–Kier alpha value is -1.62. The first-order valence-electron chi connectivity index (χ1n) is 8.88. The standard InChI is InChI=1S/C18H27N3O2/c1-2-21-10-9-19-18(21)17-15(8-11-23-17)13-20-16(22)12-14-6-4-3-5-7-14/h9-10,12,15,17H,2-8,11,13H2,1H3,(H,20,22)/t15-,17+/m0/s1. The van der Waals surface area contributed by atoms with Gasteiger partial charge in [0.2, 0.25) is 5.91 Å². The lowest BCUT2D eigenvalue weighted by Crippen LogP contribution is -2.30. The van der Waals surface area contributed by atoms with Gasteiger partial charge < -0.3 is 14.6 Å². The Labute approximate surface area is 138 Å². The molecule has 1 aliphatic carbocycles. The largest absolute Gasteiger partial charge is 0.370 e. The van der Waals surface area contributed by atoms with Gasteiger partial charge in [-0.2, -0.15) is 0 Å². The number of aromatic nitrogens is 2. The molecule has 1 aromatic rings. The summed E-state index contributed by atoms with van der Waals surface area (Å²) in [7, 11) is 0. The maximum absolute atomic E-state index is 12.1. The molecule has 5 heteroatoms. The SMILES string of the molecule is CCn1ccnc1[C@@H]1OCC[C@H]1CNC(=O)C=C1CCCCC1. The molecule has 1 aromatic heterocycles. The number of hydrogen-bond donors (Lipinski definition) is 1. The highest BCUT2D eigenvalue weighted by molar-refractivity contribution is 5.88. The number of nitrogens with one attached hydrogen (secondary N) is 1. The van der Waals surface area contributed by atoms with E-state index >= 15 is 0 Å². The molecule has 2 fully saturated rings. The molecule has 1 saturated heterocycles. The number of imidazole rings is 1. The van der Waals surface area contributed by atoms with Crippen molar-refractivity contribution in [1.29, 1.82) is 0 Å². The molecule has 0 aromatic carbocycles. The monoisotopic (exact) mass is 317 g/mol. The maximum Gasteiger partial charge on any atom is 0.243 e. The molecular formula is C18H27N3O2. The lowest BCUT2D eigenvalue weighted by atomic mass is 9.94. The molecule has 5 nitrogen and oxygen atoms in total. The van der Waals surface area contributed by atoms with E-state index in [-0.39, 0.29) is 12.0 Å². The minimum absolute atomic E-state index is 0.00687. The lowest BCUT2D eigenvalue weighted by molar-refractivity contribution is -0.116. The Bertz CT molecular complexity index is 556. The van der Waals surface area contributed by atoms with Crippen molar-refractivity contribution < 1.29 is 9.53 Å². The van der Waals surface area contributed by atoms with Crippen molar-refractivity contribution in [3.8, 4) is 0 Å². The highest BCUT2D eigenvalue weighted by atomic mass is 16.5. The first-order valence-corrected chi connectivity index (χ1v) is 8.88. The normalized spacial score (nSPS) is 24.7. The summed E-state index contributed by atoms with van der Waals surface area (Å²) < 4.78 is 8.00. The summed E-state index contributed by atoms with van der Waals surface area (Å²) in [6.45, 7) is 4.39. The molecule has 2 atom stereocenters. The first kappa shape index (κ1) is 16.2. The van der Waals surface area contributed by atoms with Crippen LogP contribution in [0.3, 0.4) is 0 Å². The van der Waals surface area contributed by atoms with Crippen molar-refractivity contribution in [1.82, 2.24) is 14.9 Å². The van der Waals surface area contributed by atoms with Crippen LogP contribution in [0.15, 0.2) is 24.0 Å². The van der Waals surface area contributed by atoms with Crippen LogP contribution in [-0.4, -0.2) is 28.6 Å². The van der Waals surface area contributed by atoms with E-state index in [1.165, 1.54) is 24.8 Å². The summed E-state index contributed by atoms with van der Waals surface area (Å²) in [6.07, 6.45) is 12.5. The topological polar surface area (TPSA) is 56.1 Å². The summed E-state index contributed by atoms with van der Waals surface area (Å²) >= 11 is 0. The van der Waals surface area contributed by atoms with Crippen LogP contribution in [0.25, 0.3) is 0 Å². The second-order valence-electron chi connectivity index (χ2n) is 6.52. The predicted octanol–water partition coefficient (Wildman–Crippen LogP) is 2.99. The predicted molar refractivity (Wildman–Crippen MR) is 88.9 cm³/mol. The van der Waals surface area contributed by atoms with E-state index in [1.54, 1.807) is 0 Å². The summed E-state index contributed by atoms with van der Waals surface area (Å²) in [5.41, 5.74) is 1.30. The van der Waals surface area contributed by atoms with Gasteiger partial charge in [0.05, 0.1) is 0 Å². The molecule has 1 N–H and O–H groups in total. The molecule has 1 amide bonds. The first-order chi connectivity index (χ1) is 11.3. The molecule has 1 saturated carbocycles. The molecule has 0 bridgehead atoms. The van der Waals surface area contributed by atoms with Crippen LogP contribution < -0.4 is 5.32 Å². The van der Waals surface area contributed by atoms with Crippen molar-refractivity contribution in [3.05, 3.63) is 29.9 Å². The van der Waals surface area contributed by atoms with Gasteiger partial charge in [-0.3, -0.25) is 4.79 Å². The number of carbonyl (C=O) groups excluding carboxylic acids is 1. The molecule has 3 rings (SSSR count). The van der Waals surface area contributed by atoms with E-state index in [0.29, 0.717) is 12.5 Å². The Morgan fingerprint density at radius 1 is 1.43 bits per heavy atom. The Morgan fingerprint density at radius 2 is 2.26 bits per heavy atom. The zero-order valence-corrected chi connectivity index (χ0v) is 14.0. The molecule has 0 unspecified atom stereocenters. The number of carbonyl (C=O) groups is 1.